The number of carboxylic acid groups (broad SMARTS) is 1. The highest BCUT2D eigenvalue weighted by molar-refractivity contribution is 6.30. The van der Waals surface area contributed by atoms with E-state index in [9.17, 15) is 14.0 Å². The van der Waals surface area contributed by atoms with Crippen LogP contribution in [0.3, 0.4) is 0 Å². The first-order chi connectivity index (χ1) is 11.0. The van der Waals surface area contributed by atoms with Crippen LogP contribution >= 0.6 is 11.6 Å². The van der Waals surface area contributed by atoms with Crippen LogP contribution in [0.4, 0.5) is 4.39 Å². The van der Waals surface area contributed by atoms with Gasteiger partial charge in [0.25, 0.3) is 0 Å². The highest BCUT2D eigenvalue weighted by Crippen LogP contribution is 2.22. The number of amides is 1. The van der Waals surface area contributed by atoms with Gasteiger partial charge in [0.05, 0.1) is 23.7 Å². The number of furan rings is 1. The van der Waals surface area contributed by atoms with E-state index in [1.807, 2.05) is 0 Å². The van der Waals surface area contributed by atoms with E-state index >= 15 is 0 Å². The van der Waals surface area contributed by atoms with Crippen molar-refractivity contribution in [3.63, 3.8) is 0 Å². The van der Waals surface area contributed by atoms with Crippen molar-refractivity contribution >= 4 is 23.5 Å². The van der Waals surface area contributed by atoms with E-state index in [-0.39, 0.29) is 23.8 Å². The first-order valence-electron chi connectivity index (χ1n) is 6.94. The summed E-state index contributed by atoms with van der Waals surface area (Å²) in [6.45, 7) is 0. The molecule has 122 valence electrons. The first-order valence-corrected chi connectivity index (χ1v) is 7.32. The van der Waals surface area contributed by atoms with Crippen LogP contribution in [0, 0.1) is 5.82 Å². The molecule has 2 rings (SSSR count). The fourth-order valence-corrected chi connectivity index (χ4v) is 2.23. The third kappa shape index (κ3) is 5.10. The zero-order valence-electron chi connectivity index (χ0n) is 12.1. The van der Waals surface area contributed by atoms with Gasteiger partial charge >= 0.3 is 5.97 Å². The molecule has 0 aliphatic carbocycles. The monoisotopic (exact) mass is 339 g/mol. The lowest BCUT2D eigenvalue weighted by Crippen LogP contribution is -2.30. The molecule has 0 fully saturated rings. The number of carboxylic acids is 1. The molecule has 0 saturated carbocycles. The van der Waals surface area contributed by atoms with Crippen molar-refractivity contribution < 1.29 is 23.5 Å². The molecule has 7 heteroatoms. The summed E-state index contributed by atoms with van der Waals surface area (Å²) in [6, 6.07) is 6.58. The Morgan fingerprint density at radius 1 is 1.35 bits per heavy atom. The molecular weight excluding hydrogens is 325 g/mol. The standard InChI is InChI=1S/C16H15ClFNO4/c17-12-5-3-10(8-13(12)18)14(9-16(21)22)19-15(20)6-4-11-2-1-7-23-11/h1-3,5,7-8,14H,4,6,9H2,(H,19,20)(H,21,22)/t14-/m0/s1. The van der Waals surface area contributed by atoms with Gasteiger partial charge < -0.3 is 14.8 Å². The maximum Gasteiger partial charge on any atom is 0.305 e. The van der Waals surface area contributed by atoms with E-state index < -0.39 is 17.8 Å². The summed E-state index contributed by atoms with van der Waals surface area (Å²) in [5, 5.41) is 11.5. The fourth-order valence-electron chi connectivity index (χ4n) is 2.11. The Hall–Kier alpha value is -2.34. The second-order valence-electron chi connectivity index (χ2n) is 4.97. The van der Waals surface area contributed by atoms with Gasteiger partial charge in [0.2, 0.25) is 5.91 Å². The van der Waals surface area contributed by atoms with Crippen LogP contribution in [0.1, 0.15) is 30.2 Å². The first kappa shape index (κ1) is 17.0. The van der Waals surface area contributed by atoms with E-state index in [0.29, 0.717) is 17.7 Å². The summed E-state index contributed by atoms with van der Waals surface area (Å²) >= 11 is 5.61. The zero-order valence-corrected chi connectivity index (χ0v) is 12.8. The van der Waals surface area contributed by atoms with E-state index in [4.69, 9.17) is 21.1 Å². The Labute approximate surface area is 137 Å². The molecule has 23 heavy (non-hydrogen) atoms. The topological polar surface area (TPSA) is 79.5 Å². The SMILES string of the molecule is O=C(O)C[C@H](NC(=O)CCc1ccco1)c1ccc(Cl)c(F)c1. The molecule has 1 aromatic carbocycles. The van der Waals surface area contributed by atoms with E-state index in [1.165, 1.54) is 18.4 Å². The Balaban J connectivity index is 2.03. The van der Waals surface area contributed by atoms with Crippen LogP contribution in [0.2, 0.25) is 5.02 Å². The lowest BCUT2D eigenvalue weighted by atomic mass is 10.0. The molecule has 2 aromatic rings. The van der Waals surface area contributed by atoms with Crippen molar-refractivity contribution in [1.29, 1.82) is 0 Å². The molecule has 2 N–H and O–H groups in total. The molecule has 0 spiro atoms. The molecule has 0 aliphatic heterocycles. The lowest BCUT2D eigenvalue weighted by molar-refractivity contribution is -0.137. The van der Waals surface area contributed by atoms with Crippen molar-refractivity contribution in [2.45, 2.75) is 25.3 Å². The van der Waals surface area contributed by atoms with Crippen LogP contribution in [0.5, 0.6) is 0 Å². The molecule has 1 heterocycles. The van der Waals surface area contributed by atoms with Crippen molar-refractivity contribution in [2.75, 3.05) is 0 Å². The second kappa shape index (κ2) is 7.78. The Bertz CT molecular complexity index is 687. The van der Waals surface area contributed by atoms with Gasteiger partial charge in [0, 0.05) is 12.8 Å². The second-order valence-corrected chi connectivity index (χ2v) is 5.38. The quantitative estimate of drug-likeness (QED) is 0.810. The highest BCUT2D eigenvalue weighted by atomic mass is 35.5. The molecule has 5 nitrogen and oxygen atoms in total. The largest absolute Gasteiger partial charge is 0.481 e. The van der Waals surface area contributed by atoms with Gasteiger partial charge in [-0.3, -0.25) is 9.59 Å². The normalized spacial score (nSPS) is 11.9. The van der Waals surface area contributed by atoms with Crippen LogP contribution < -0.4 is 5.32 Å². The number of hydrogen-bond donors (Lipinski definition) is 2. The number of benzene rings is 1. The van der Waals surface area contributed by atoms with Gasteiger partial charge in [-0.1, -0.05) is 17.7 Å². The fraction of sp³-hybridized carbons (Fsp3) is 0.250. The average Bonchev–Trinajstić information content (AvgIpc) is 3.00. The third-order valence-electron chi connectivity index (χ3n) is 3.24. The lowest BCUT2D eigenvalue weighted by Gasteiger charge is -2.17. The van der Waals surface area contributed by atoms with Gasteiger partial charge in [-0.05, 0) is 29.8 Å². The number of carbonyl (C=O) groups excluding carboxylic acids is 1. The molecule has 1 amide bonds. The number of halogens is 2. The van der Waals surface area contributed by atoms with Crippen LogP contribution in [0.15, 0.2) is 41.0 Å². The van der Waals surface area contributed by atoms with Gasteiger partial charge in [-0.2, -0.15) is 0 Å². The van der Waals surface area contributed by atoms with Gasteiger partial charge in [0.1, 0.15) is 11.6 Å². The maximum atomic E-state index is 13.5. The Morgan fingerprint density at radius 3 is 2.74 bits per heavy atom. The van der Waals surface area contributed by atoms with Crippen LogP contribution in [0.25, 0.3) is 0 Å². The molecule has 0 unspecified atom stereocenters. The van der Waals surface area contributed by atoms with E-state index in [2.05, 4.69) is 5.32 Å². The van der Waals surface area contributed by atoms with Gasteiger partial charge in [-0.15, -0.1) is 0 Å². The Kier molecular flexibility index (Phi) is 5.76. The van der Waals surface area contributed by atoms with Gasteiger partial charge in [-0.25, -0.2) is 4.39 Å². The Morgan fingerprint density at radius 2 is 2.13 bits per heavy atom. The smallest absolute Gasteiger partial charge is 0.305 e. The third-order valence-corrected chi connectivity index (χ3v) is 3.55. The summed E-state index contributed by atoms with van der Waals surface area (Å²) < 4.78 is 18.7. The summed E-state index contributed by atoms with van der Waals surface area (Å²) in [5.74, 6) is -1.45. The van der Waals surface area contributed by atoms with Crippen molar-refractivity contribution in [3.05, 3.63) is 58.8 Å². The van der Waals surface area contributed by atoms with E-state index in [0.717, 1.165) is 6.07 Å². The predicted molar refractivity (Wildman–Crippen MR) is 81.6 cm³/mol. The van der Waals surface area contributed by atoms with Gasteiger partial charge in [0.15, 0.2) is 0 Å². The molecule has 0 radical (unpaired) electrons. The maximum absolute atomic E-state index is 13.5. The molecule has 0 bridgehead atoms. The minimum Gasteiger partial charge on any atom is -0.481 e. The van der Waals surface area contributed by atoms with E-state index in [1.54, 1.807) is 12.1 Å². The molecule has 0 saturated heterocycles. The average molecular weight is 340 g/mol. The number of aryl methyl sites for hydroxylation is 1. The molecule has 1 atom stereocenters. The molecular formula is C16H15ClFNO4. The molecule has 1 aromatic heterocycles. The zero-order chi connectivity index (χ0) is 16.8. The van der Waals surface area contributed by atoms with Crippen molar-refractivity contribution in [1.82, 2.24) is 5.32 Å². The number of nitrogens with one attached hydrogen (secondary N) is 1. The summed E-state index contributed by atoms with van der Waals surface area (Å²) in [5.41, 5.74) is 0.348. The van der Waals surface area contributed by atoms with Crippen LogP contribution in [-0.4, -0.2) is 17.0 Å². The minimum atomic E-state index is -1.10. The molecule has 0 aliphatic rings. The summed E-state index contributed by atoms with van der Waals surface area (Å²) in [4.78, 5) is 23.0. The minimum absolute atomic E-state index is 0.0630. The number of carbonyl (C=O) groups is 2. The number of rotatable bonds is 7. The van der Waals surface area contributed by atoms with Crippen LogP contribution in [-0.2, 0) is 16.0 Å². The van der Waals surface area contributed by atoms with Crippen molar-refractivity contribution in [3.8, 4) is 0 Å². The highest BCUT2D eigenvalue weighted by Gasteiger charge is 2.19. The van der Waals surface area contributed by atoms with Crippen molar-refractivity contribution in [2.24, 2.45) is 0 Å². The number of aliphatic carboxylic acids is 1. The summed E-state index contributed by atoms with van der Waals surface area (Å²) in [6.07, 6.45) is 1.69. The number of hydrogen-bond acceptors (Lipinski definition) is 3. The predicted octanol–water partition coefficient (Wildman–Crippen LogP) is 3.34. The summed E-state index contributed by atoms with van der Waals surface area (Å²) in [7, 11) is 0.